The van der Waals surface area contributed by atoms with E-state index in [9.17, 15) is 14.7 Å². The minimum Gasteiger partial charge on any atom is -0.497 e. The van der Waals surface area contributed by atoms with Crippen LogP contribution in [0.3, 0.4) is 0 Å². The summed E-state index contributed by atoms with van der Waals surface area (Å²) in [5.41, 5.74) is -0.0912. The van der Waals surface area contributed by atoms with Crippen molar-refractivity contribution >= 4 is 29.1 Å². The van der Waals surface area contributed by atoms with Gasteiger partial charge < -0.3 is 25.2 Å². The van der Waals surface area contributed by atoms with E-state index in [0.29, 0.717) is 22.9 Å². The molecule has 1 atom stereocenters. The molecule has 150 valence electrons. The smallest absolute Gasteiger partial charge is 0.313 e. The molecule has 0 aliphatic rings. The summed E-state index contributed by atoms with van der Waals surface area (Å²) in [7, 11) is 3.01. The van der Waals surface area contributed by atoms with Gasteiger partial charge in [-0.2, -0.15) is 0 Å². The van der Waals surface area contributed by atoms with E-state index in [1.807, 2.05) is 12.1 Å². The van der Waals surface area contributed by atoms with Gasteiger partial charge in [-0.1, -0.05) is 23.7 Å². The van der Waals surface area contributed by atoms with E-state index in [-0.39, 0.29) is 12.2 Å². The van der Waals surface area contributed by atoms with Crippen LogP contribution in [0.4, 0.5) is 5.69 Å². The molecule has 0 heterocycles. The first-order chi connectivity index (χ1) is 13.2. The second-order valence-electron chi connectivity index (χ2n) is 6.50. The zero-order valence-corrected chi connectivity index (χ0v) is 16.7. The molecule has 2 aromatic carbocycles. The molecule has 2 amide bonds. The molecule has 0 fully saturated rings. The van der Waals surface area contributed by atoms with E-state index in [4.69, 9.17) is 21.1 Å². The number of amides is 2. The number of halogens is 1. The van der Waals surface area contributed by atoms with Crippen molar-refractivity contribution in [3.8, 4) is 11.5 Å². The lowest BCUT2D eigenvalue weighted by Crippen LogP contribution is -2.45. The van der Waals surface area contributed by atoms with E-state index < -0.39 is 17.4 Å². The molecule has 3 N–H and O–H groups in total. The molecule has 8 heteroatoms. The second-order valence-corrected chi connectivity index (χ2v) is 6.94. The van der Waals surface area contributed by atoms with Crippen LogP contribution in [0.2, 0.25) is 5.02 Å². The maximum Gasteiger partial charge on any atom is 0.313 e. The van der Waals surface area contributed by atoms with Crippen LogP contribution in [0.15, 0.2) is 42.5 Å². The monoisotopic (exact) mass is 406 g/mol. The molecule has 7 nitrogen and oxygen atoms in total. The number of carbonyl (C=O) groups is 2. The first-order valence-electron chi connectivity index (χ1n) is 8.52. The van der Waals surface area contributed by atoms with E-state index in [1.165, 1.54) is 13.2 Å². The number of anilines is 1. The Morgan fingerprint density at radius 1 is 1.07 bits per heavy atom. The molecular formula is C20H23ClN2O5. The molecule has 0 aromatic heterocycles. The quantitative estimate of drug-likeness (QED) is 0.613. The van der Waals surface area contributed by atoms with Gasteiger partial charge in [-0.3, -0.25) is 9.59 Å². The third-order valence-electron chi connectivity index (χ3n) is 3.99. The number of hydrogen-bond acceptors (Lipinski definition) is 5. The lowest BCUT2D eigenvalue weighted by atomic mass is 9.96. The molecule has 2 rings (SSSR count). The highest BCUT2D eigenvalue weighted by Gasteiger charge is 2.24. The van der Waals surface area contributed by atoms with E-state index in [0.717, 1.165) is 5.56 Å². The zero-order valence-electron chi connectivity index (χ0n) is 15.9. The molecule has 0 bridgehead atoms. The maximum atomic E-state index is 12.1. The third kappa shape index (κ3) is 6.14. The second kappa shape index (κ2) is 9.43. The maximum absolute atomic E-state index is 12.1. The molecule has 2 aromatic rings. The summed E-state index contributed by atoms with van der Waals surface area (Å²) in [6, 6.07) is 11.9. The lowest BCUT2D eigenvalue weighted by molar-refractivity contribution is -0.136. The Hall–Kier alpha value is -2.77. The van der Waals surface area contributed by atoms with Crippen molar-refractivity contribution in [2.75, 3.05) is 26.1 Å². The number of carbonyl (C=O) groups excluding carboxylic acids is 2. The Bertz CT molecular complexity index is 837. The molecule has 0 saturated heterocycles. The highest BCUT2D eigenvalue weighted by atomic mass is 35.5. The number of ether oxygens (including phenoxy) is 2. The summed E-state index contributed by atoms with van der Waals surface area (Å²) >= 11 is 5.91. The van der Waals surface area contributed by atoms with E-state index in [1.54, 1.807) is 38.3 Å². The van der Waals surface area contributed by atoms with Crippen LogP contribution < -0.4 is 20.1 Å². The minimum absolute atomic E-state index is 0.0992. The molecular weight excluding hydrogens is 384 g/mol. The Balaban J connectivity index is 1.92. The average molecular weight is 407 g/mol. The fraction of sp³-hybridized carbons (Fsp3) is 0.300. The predicted molar refractivity (Wildman–Crippen MR) is 107 cm³/mol. The van der Waals surface area contributed by atoms with Crippen LogP contribution in [0.5, 0.6) is 11.5 Å². The van der Waals surface area contributed by atoms with Crippen molar-refractivity contribution < 1.29 is 24.2 Å². The first-order valence-corrected chi connectivity index (χ1v) is 8.90. The Kier molecular flexibility index (Phi) is 7.25. The van der Waals surface area contributed by atoms with Crippen LogP contribution in [-0.2, 0) is 16.0 Å². The molecule has 0 radical (unpaired) electrons. The first kappa shape index (κ1) is 21.5. The summed E-state index contributed by atoms with van der Waals surface area (Å²) in [4.78, 5) is 24.2. The number of aliphatic hydroxyl groups is 1. The van der Waals surface area contributed by atoms with Crippen molar-refractivity contribution in [1.29, 1.82) is 0 Å². The number of methoxy groups -OCH3 is 2. The standard InChI is InChI=1S/C20H23ClN2O5/c1-20(26,11-13-4-7-15(27-2)8-5-13)12-22-18(24)19(25)23-16-10-14(21)6-9-17(16)28-3/h4-10,26H,11-12H2,1-3H3,(H,22,24)(H,23,25)/t20-/m0/s1. The number of rotatable bonds is 7. The number of benzene rings is 2. The average Bonchev–Trinajstić information content (AvgIpc) is 2.66. The van der Waals surface area contributed by atoms with Gasteiger partial charge in [-0.25, -0.2) is 0 Å². The Labute approximate surface area is 168 Å². The third-order valence-corrected chi connectivity index (χ3v) is 4.22. The van der Waals surface area contributed by atoms with Gasteiger partial charge in [0.2, 0.25) is 0 Å². The van der Waals surface area contributed by atoms with Crippen molar-refractivity contribution in [3.05, 3.63) is 53.1 Å². The van der Waals surface area contributed by atoms with Gasteiger partial charge in [0.1, 0.15) is 11.5 Å². The van der Waals surface area contributed by atoms with Crippen LogP contribution in [0.1, 0.15) is 12.5 Å². The molecule has 28 heavy (non-hydrogen) atoms. The number of nitrogens with one attached hydrogen (secondary N) is 2. The number of hydrogen-bond donors (Lipinski definition) is 3. The fourth-order valence-electron chi connectivity index (χ4n) is 2.55. The SMILES string of the molecule is COc1ccc(C[C@](C)(O)CNC(=O)C(=O)Nc2cc(Cl)ccc2OC)cc1. The fourth-order valence-corrected chi connectivity index (χ4v) is 2.73. The lowest BCUT2D eigenvalue weighted by Gasteiger charge is -2.23. The highest BCUT2D eigenvalue weighted by Crippen LogP contribution is 2.27. The largest absolute Gasteiger partial charge is 0.497 e. The van der Waals surface area contributed by atoms with Crippen molar-refractivity contribution in [2.45, 2.75) is 18.9 Å². The topological polar surface area (TPSA) is 96.9 Å². The normalized spacial score (nSPS) is 12.6. The van der Waals surface area contributed by atoms with Gasteiger partial charge >= 0.3 is 11.8 Å². The van der Waals surface area contributed by atoms with E-state index >= 15 is 0 Å². The summed E-state index contributed by atoms with van der Waals surface area (Å²) in [5, 5.41) is 15.8. The molecule has 0 unspecified atom stereocenters. The van der Waals surface area contributed by atoms with Gasteiger partial charge in [-0.15, -0.1) is 0 Å². The minimum atomic E-state index is -1.24. The van der Waals surface area contributed by atoms with Gasteiger partial charge in [0.25, 0.3) is 0 Å². The van der Waals surface area contributed by atoms with Gasteiger partial charge in [0.15, 0.2) is 0 Å². The van der Waals surface area contributed by atoms with Crippen molar-refractivity contribution in [2.24, 2.45) is 0 Å². The van der Waals surface area contributed by atoms with Crippen LogP contribution in [-0.4, -0.2) is 43.3 Å². The molecule has 0 spiro atoms. The van der Waals surface area contributed by atoms with Crippen molar-refractivity contribution in [1.82, 2.24) is 5.32 Å². The summed E-state index contributed by atoms with van der Waals surface area (Å²) in [6.07, 6.45) is 0.293. The predicted octanol–water partition coefficient (Wildman–Crippen LogP) is 2.41. The highest BCUT2D eigenvalue weighted by molar-refractivity contribution is 6.40. The van der Waals surface area contributed by atoms with Crippen LogP contribution in [0.25, 0.3) is 0 Å². The van der Waals surface area contributed by atoms with Gasteiger partial charge in [0.05, 0.1) is 25.5 Å². The summed E-state index contributed by atoms with van der Waals surface area (Å²) in [5.74, 6) is -0.681. The van der Waals surface area contributed by atoms with Crippen LogP contribution in [0, 0.1) is 0 Å². The zero-order chi connectivity index (χ0) is 20.7. The molecule has 0 saturated carbocycles. The van der Waals surface area contributed by atoms with Gasteiger partial charge in [-0.05, 0) is 42.8 Å². The summed E-state index contributed by atoms with van der Waals surface area (Å²) in [6.45, 7) is 1.48. The van der Waals surface area contributed by atoms with Crippen molar-refractivity contribution in [3.63, 3.8) is 0 Å². The van der Waals surface area contributed by atoms with Gasteiger partial charge in [0, 0.05) is 18.0 Å². The molecule has 0 aliphatic carbocycles. The Morgan fingerprint density at radius 2 is 1.75 bits per heavy atom. The van der Waals surface area contributed by atoms with E-state index in [2.05, 4.69) is 10.6 Å². The van der Waals surface area contributed by atoms with Crippen LogP contribution >= 0.6 is 11.6 Å². The Morgan fingerprint density at radius 3 is 2.36 bits per heavy atom. The summed E-state index contributed by atoms with van der Waals surface area (Å²) < 4.78 is 10.2. The molecule has 0 aliphatic heterocycles.